The van der Waals surface area contributed by atoms with Crippen molar-refractivity contribution in [2.24, 2.45) is 0 Å². The second-order valence-electron chi connectivity index (χ2n) is 4.55. The molecule has 2 heterocycles. The molecule has 19 heavy (non-hydrogen) atoms. The van der Waals surface area contributed by atoms with Crippen molar-refractivity contribution < 1.29 is 13.9 Å². The van der Waals surface area contributed by atoms with Gasteiger partial charge in [0, 0.05) is 38.8 Å². The van der Waals surface area contributed by atoms with Crippen molar-refractivity contribution in [2.75, 3.05) is 14.2 Å². The van der Waals surface area contributed by atoms with Crippen molar-refractivity contribution >= 4 is 22.6 Å². The molecular formula is C13H14ClFN2O2. The highest BCUT2D eigenvalue weighted by atomic mass is 35.5. The van der Waals surface area contributed by atoms with Gasteiger partial charge in [-0.05, 0) is 6.07 Å². The minimum Gasteiger partial charge on any atom is -0.349 e. The van der Waals surface area contributed by atoms with Crippen LogP contribution in [0.3, 0.4) is 0 Å². The summed E-state index contributed by atoms with van der Waals surface area (Å²) in [6.45, 7) is 0.679. The summed E-state index contributed by atoms with van der Waals surface area (Å²) in [6, 6.07) is 2.86. The zero-order valence-electron chi connectivity index (χ0n) is 10.7. The van der Waals surface area contributed by atoms with Crippen LogP contribution in [0.5, 0.6) is 0 Å². The standard InChI is InChI=1S/C13H14ClFN2O2/c1-18-13(19-2)3-4-17-11(7-14)16-10-6-8(15)5-9(13)12(10)17/h5-6H,3-4,7H2,1-2H3. The second kappa shape index (κ2) is 4.44. The molecule has 6 heteroatoms. The van der Waals surface area contributed by atoms with Crippen LogP contribution in [0.25, 0.3) is 11.0 Å². The fraction of sp³-hybridized carbons (Fsp3) is 0.462. The summed E-state index contributed by atoms with van der Waals surface area (Å²) in [5, 5.41) is 0. The molecule has 0 N–H and O–H groups in total. The van der Waals surface area contributed by atoms with Gasteiger partial charge < -0.3 is 14.0 Å². The van der Waals surface area contributed by atoms with Gasteiger partial charge in [0.05, 0.1) is 16.9 Å². The Morgan fingerprint density at radius 1 is 1.42 bits per heavy atom. The number of hydrogen-bond acceptors (Lipinski definition) is 3. The van der Waals surface area contributed by atoms with Gasteiger partial charge in [0.2, 0.25) is 0 Å². The van der Waals surface area contributed by atoms with Crippen molar-refractivity contribution in [1.82, 2.24) is 9.55 Å². The van der Waals surface area contributed by atoms with E-state index in [-0.39, 0.29) is 5.82 Å². The molecule has 102 valence electrons. The Kier molecular flexibility index (Phi) is 3.00. The molecular weight excluding hydrogens is 271 g/mol. The van der Waals surface area contributed by atoms with Crippen molar-refractivity contribution in [2.45, 2.75) is 24.6 Å². The molecule has 0 spiro atoms. The van der Waals surface area contributed by atoms with E-state index in [1.54, 1.807) is 14.2 Å². The first kappa shape index (κ1) is 12.8. The Hall–Kier alpha value is -1.17. The van der Waals surface area contributed by atoms with Crippen molar-refractivity contribution in [3.8, 4) is 0 Å². The highest BCUT2D eigenvalue weighted by Gasteiger charge is 2.39. The predicted octanol–water partition coefficient (Wildman–Crippen LogP) is 2.76. The van der Waals surface area contributed by atoms with Crippen LogP contribution in [-0.4, -0.2) is 23.8 Å². The summed E-state index contributed by atoms with van der Waals surface area (Å²) in [4.78, 5) is 4.38. The first-order valence-corrected chi connectivity index (χ1v) is 6.54. The van der Waals surface area contributed by atoms with Crippen LogP contribution in [-0.2, 0) is 27.7 Å². The fourth-order valence-electron chi connectivity index (χ4n) is 2.82. The molecule has 0 radical (unpaired) electrons. The molecule has 3 rings (SSSR count). The molecule has 1 aromatic carbocycles. The van der Waals surface area contributed by atoms with Crippen molar-refractivity contribution in [3.63, 3.8) is 0 Å². The lowest BCUT2D eigenvalue weighted by Crippen LogP contribution is -2.36. The van der Waals surface area contributed by atoms with Crippen LogP contribution < -0.4 is 0 Å². The summed E-state index contributed by atoms with van der Waals surface area (Å²) in [7, 11) is 3.13. The summed E-state index contributed by atoms with van der Waals surface area (Å²) in [5.74, 6) is -0.235. The van der Waals surface area contributed by atoms with Gasteiger partial charge in [-0.3, -0.25) is 0 Å². The van der Waals surface area contributed by atoms with Gasteiger partial charge in [-0.25, -0.2) is 9.37 Å². The number of halogens is 2. The molecule has 0 unspecified atom stereocenters. The molecule has 0 bridgehead atoms. The SMILES string of the molecule is COC1(OC)CCn2c(CCl)nc3cc(F)cc1c32. The maximum atomic E-state index is 13.8. The third-order valence-electron chi connectivity index (χ3n) is 3.74. The minimum absolute atomic E-state index is 0.294. The number of aryl methyl sites for hydroxylation is 1. The van der Waals surface area contributed by atoms with Gasteiger partial charge in [0.15, 0.2) is 5.79 Å². The quantitative estimate of drug-likeness (QED) is 0.642. The average molecular weight is 285 g/mol. The lowest BCUT2D eigenvalue weighted by molar-refractivity contribution is -0.223. The van der Waals surface area contributed by atoms with E-state index < -0.39 is 5.79 Å². The van der Waals surface area contributed by atoms with Gasteiger partial charge in [0.1, 0.15) is 11.6 Å². The van der Waals surface area contributed by atoms with Crippen LogP contribution in [0.1, 0.15) is 17.8 Å². The lowest BCUT2D eigenvalue weighted by atomic mass is 9.97. The molecule has 2 aromatic rings. The number of benzene rings is 1. The van der Waals surface area contributed by atoms with Gasteiger partial charge in [-0.15, -0.1) is 11.6 Å². The first-order chi connectivity index (χ1) is 9.15. The molecule has 0 aliphatic carbocycles. The van der Waals surface area contributed by atoms with E-state index in [0.29, 0.717) is 29.9 Å². The van der Waals surface area contributed by atoms with Crippen LogP contribution in [0, 0.1) is 5.82 Å². The maximum absolute atomic E-state index is 13.8. The minimum atomic E-state index is -0.917. The zero-order valence-corrected chi connectivity index (χ0v) is 11.5. The smallest absolute Gasteiger partial charge is 0.198 e. The summed E-state index contributed by atoms with van der Waals surface area (Å²) in [6.07, 6.45) is 0.589. The topological polar surface area (TPSA) is 36.3 Å². The summed E-state index contributed by atoms with van der Waals surface area (Å²) < 4.78 is 26.8. The first-order valence-electron chi connectivity index (χ1n) is 6.00. The van der Waals surface area contributed by atoms with Crippen molar-refractivity contribution in [3.05, 3.63) is 29.3 Å². The highest BCUT2D eigenvalue weighted by molar-refractivity contribution is 6.16. The Balaban J connectivity index is 2.38. The maximum Gasteiger partial charge on any atom is 0.198 e. The van der Waals surface area contributed by atoms with Crippen LogP contribution >= 0.6 is 11.6 Å². The molecule has 0 atom stereocenters. The number of imidazole rings is 1. The third-order valence-corrected chi connectivity index (χ3v) is 3.98. The van der Waals surface area contributed by atoms with Crippen LogP contribution in [0.15, 0.2) is 12.1 Å². The van der Waals surface area contributed by atoms with Gasteiger partial charge in [-0.2, -0.15) is 0 Å². The van der Waals surface area contributed by atoms with E-state index in [9.17, 15) is 4.39 Å². The molecule has 1 aliphatic heterocycles. The summed E-state index contributed by atoms with van der Waals surface area (Å²) >= 11 is 5.90. The van der Waals surface area contributed by atoms with E-state index in [1.807, 2.05) is 4.57 Å². The van der Waals surface area contributed by atoms with Crippen LogP contribution in [0.4, 0.5) is 4.39 Å². The number of aromatic nitrogens is 2. The molecule has 0 saturated carbocycles. The average Bonchev–Trinajstić information content (AvgIpc) is 2.78. The van der Waals surface area contributed by atoms with E-state index >= 15 is 0 Å². The molecule has 0 fully saturated rings. The molecule has 0 saturated heterocycles. The number of alkyl halides is 1. The van der Waals surface area contributed by atoms with Crippen molar-refractivity contribution in [1.29, 1.82) is 0 Å². The van der Waals surface area contributed by atoms with Gasteiger partial charge in [-0.1, -0.05) is 0 Å². The Morgan fingerprint density at radius 3 is 2.79 bits per heavy atom. The Bertz CT molecular complexity index is 637. The Labute approximate surface area is 115 Å². The fourth-order valence-corrected chi connectivity index (χ4v) is 3.02. The second-order valence-corrected chi connectivity index (χ2v) is 4.81. The van der Waals surface area contributed by atoms with Gasteiger partial charge >= 0.3 is 0 Å². The largest absolute Gasteiger partial charge is 0.349 e. The molecule has 4 nitrogen and oxygen atoms in total. The molecule has 1 aliphatic rings. The number of nitrogens with zero attached hydrogens (tertiary/aromatic N) is 2. The van der Waals surface area contributed by atoms with E-state index in [1.165, 1.54) is 12.1 Å². The van der Waals surface area contributed by atoms with E-state index in [2.05, 4.69) is 4.98 Å². The van der Waals surface area contributed by atoms with E-state index in [0.717, 1.165) is 11.3 Å². The van der Waals surface area contributed by atoms with E-state index in [4.69, 9.17) is 21.1 Å². The zero-order chi connectivity index (χ0) is 13.6. The normalized spacial score (nSPS) is 17.1. The lowest BCUT2D eigenvalue weighted by Gasteiger charge is -2.35. The number of ether oxygens (including phenoxy) is 2. The Morgan fingerprint density at radius 2 is 2.16 bits per heavy atom. The molecule has 0 amide bonds. The van der Waals surface area contributed by atoms with Crippen LogP contribution in [0.2, 0.25) is 0 Å². The molecule has 1 aromatic heterocycles. The number of rotatable bonds is 3. The predicted molar refractivity (Wildman–Crippen MR) is 69.6 cm³/mol. The monoisotopic (exact) mass is 284 g/mol. The highest BCUT2D eigenvalue weighted by Crippen LogP contribution is 2.40. The number of methoxy groups -OCH3 is 2. The number of hydrogen-bond donors (Lipinski definition) is 0. The van der Waals surface area contributed by atoms with Gasteiger partial charge in [0.25, 0.3) is 0 Å². The summed E-state index contributed by atoms with van der Waals surface area (Å²) in [5.41, 5.74) is 2.10. The third kappa shape index (κ3) is 1.69.